The molecule has 2 aromatic rings. The first-order chi connectivity index (χ1) is 16.4. The smallest absolute Gasteiger partial charge is 0.251 e. The molecule has 0 saturated heterocycles. The molecule has 8 nitrogen and oxygen atoms in total. The van der Waals surface area contributed by atoms with E-state index in [2.05, 4.69) is 15.4 Å². The fourth-order valence-electron chi connectivity index (χ4n) is 4.18. The largest absolute Gasteiger partial charge is 0.495 e. The number of rotatable bonds is 10. The Morgan fingerprint density at radius 2 is 1.71 bits per heavy atom. The number of methoxy groups -OCH3 is 1. The van der Waals surface area contributed by atoms with E-state index in [0.29, 0.717) is 6.42 Å². The van der Waals surface area contributed by atoms with Gasteiger partial charge in [-0.25, -0.2) is 13.1 Å². The van der Waals surface area contributed by atoms with Crippen LogP contribution in [0.1, 0.15) is 54.4 Å². The van der Waals surface area contributed by atoms with Gasteiger partial charge in [0.15, 0.2) is 0 Å². The number of benzene rings is 2. The quantitative estimate of drug-likeness (QED) is 0.479. The second-order valence-corrected chi connectivity index (χ2v) is 10.6. The van der Waals surface area contributed by atoms with Crippen molar-refractivity contribution >= 4 is 21.8 Å². The molecule has 1 unspecified atom stereocenters. The molecule has 2 aliphatic rings. The highest BCUT2D eigenvalue weighted by molar-refractivity contribution is 7.89. The number of hydrogen-bond acceptors (Lipinski definition) is 5. The summed E-state index contributed by atoms with van der Waals surface area (Å²) in [7, 11) is -2.49. The molecule has 0 spiro atoms. The van der Waals surface area contributed by atoms with Crippen molar-refractivity contribution < 1.29 is 22.7 Å². The number of nitrogens with one attached hydrogen (secondary N) is 3. The van der Waals surface area contributed by atoms with Crippen molar-refractivity contribution in [2.24, 2.45) is 0 Å². The number of hydrogen-bond donors (Lipinski definition) is 3. The van der Waals surface area contributed by atoms with Crippen molar-refractivity contribution in [1.29, 1.82) is 0 Å². The van der Waals surface area contributed by atoms with Gasteiger partial charge >= 0.3 is 0 Å². The van der Waals surface area contributed by atoms with E-state index < -0.39 is 22.0 Å². The van der Waals surface area contributed by atoms with Gasteiger partial charge < -0.3 is 15.4 Å². The molecule has 4 rings (SSSR count). The van der Waals surface area contributed by atoms with Gasteiger partial charge in [-0.1, -0.05) is 43.2 Å². The van der Waals surface area contributed by atoms with Gasteiger partial charge in [0.1, 0.15) is 16.7 Å². The topological polar surface area (TPSA) is 114 Å². The molecule has 1 atom stereocenters. The van der Waals surface area contributed by atoms with Crippen LogP contribution < -0.4 is 20.1 Å². The van der Waals surface area contributed by atoms with Crippen LogP contribution in [0, 0.1) is 0 Å². The molecule has 182 valence electrons. The lowest BCUT2D eigenvalue weighted by Crippen LogP contribution is -2.48. The molecule has 34 heavy (non-hydrogen) atoms. The van der Waals surface area contributed by atoms with Gasteiger partial charge in [-0.15, -0.1) is 0 Å². The van der Waals surface area contributed by atoms with Crippen molar-refractivity contribution in [3.8, 4) is 5.75 Å². The lowest BCUT2D eigenvalue weighted by Gasteiger charge is -2.19. The van der Waals surface area contributed by atoms with Gasteiger partial charge in [-0.2, -0.15) is 0 Å². The molecule has 2 fully saturated rings. The summed E-state index contributed by atoms with van der Waals surface area (Å²) in [4.78, 5) is 25.9. The Bertz CT molecular complexity index is 1130. The minimum Gasteiger partial charge on any atom is -0.495 e. The maximum Gasteiger partial charge on any atom is 0.251 e. The standard InChI is InChI=1S/C25H31N3O5S/c1-33-22-14-11-18(16-23(22)34(31,32)28-20-9-5-6-10-20)24(29)27-21(25(30)26-19-12-13-19)15-17-7-3-2-4-8-17/h2-4,7-8,11,14,16,19-21,28H,5-6,9-10,12-13,15H2,1H3,(H,26,30)(H,27,29). The first-order valence-corrected chi connectivity index (χ1v) is 13.2. The first kappa shape index (κ1) is 24.2. The summed E-state index contributed by atoms with van der Waals surface area (Å²) >= 11 is 0. The van der Waals surface area contributed by atoms with Crippen LogP contribution in [0.15, 0.2) is 53.4 Å². The van der Waals surface area contributed by atoms with Crippen LogP contribution >= 0.6 is 0 Å². The number of ether oxygens (including phenoxy) is 1. The number of sulfonamides is 1. The lowest BCUT2D eigenvalue weighted by atomic mass is 10.0. The Morgan fingerprint density at radius 1 is 1.00 bits per heavy atom. The van der Waals surface area contributed by atoms with Crippen LogP contribution in [0.5, 0.6) is 5.75 Å². The van der Waals surface area contributed by atoms with E-state index in [-0.39, 0.29) is 34.2 Å². The summed E-state index contributed by atoms with van der Waals surface area (Å²) in [6.45, 7) is 0. The summed E-state index contributed by atoms with van der Waals surface area (Å²) in [5, 5.41) is 5.74. The highest BCUT2D eigenvalue weighted by atomic mass is 32.2. The Labute approximate surface area is 200 Å². The molecule has 2 saturated carbocycles. The molecule has 2 aromatic carbocycles. The van der Waals surface area contributed by atoms with E-state index in [1.807, 2.05) is 30.3 Å². The van der Waals surface area contributed by atoms with Gasteiger partial charge in [0.05, 0.1) is 7.11 Å². The van der Waals surface area contributed by atoms with Crippen LogP contribution in [-0.4, -0.2) is 45.5 Å². The lowest BCUT2D eigenvalue weighted by molar-refractivity contribution is -0.123. The summed E-state index contributed by atoms with van der Waals surface area (Å²) in [5.41, 5.74) is 1.06. The molecular weight excluding hydrogens is 454 g/mol. The van der Waals surface area contributed by atoms with Crippen molar-refractivity contribution in [2.45, 2.75) is 68.0 Å². The predicted octanol–water partition coefficient (Wildman–Crippen LogP) is 2.54. The monoisotopic (exact) mass is 485 g/mol. The summed E-state index contributed by atoms with van der Waals surface area (Å²) in [6, 6.07) is 13.0. The van der Waals surface area contributed by atoms with Crippen LogP contribution in [-0.2, 0) is 21.2 Å². The normalized spacial score (nSPS) is 17.2. The van der Waals surface area contributed by atoms with Gasteiger partial charge in [0, 0.05) is 24.1 Å². The third-order valence-corrected chi connectivity index (χ3v) is 7.76. The van der Waals surface area contributed by atoms with Gasteiger partial charge in [0.2, 0.25) is 15.9 Å². The van der Waals surface area contributed by atoms with E-state index in [1.54, 1.807) is 0 Å². The van der Waals surface area contributed by atoms with Crippen LogP contribution in [0.2, 0.25) is 0 Å². The molecule has 2 amide bonds. The van der Waals surface area contributed by atoms with E-state index in [0.717, 1.165) is 44.1 Å². The Balaban J connectivity index is 1.54. The maximum atomic E-state index is 13.1. The van der Waals surface area contributed by atoms with Crippen molar-refractivity contribution in [3.05, 3.63) is 59.7 Å². The second kappa shape index (κ2) is 10.6. The van der Waals surface area contributed by atoms with Crippen LogP contribution in [0.25, 0.3) is 0 Å². The summed E-state index contributed by atoms with van der Waals surface area (Å²) in [5.74, 6) is -0.606. The molecule has 9 heteroatoms. The maximum absolute atomic E-state index is 13.1. The van der Waals surface area contributed by atoms with Crippen molar-refractivity contribution in [1.82, 2.24) is 15.4 Å². The fourth-order valence-corrected chi connectivity index (χ4v) is 5.68. The fraction of sp³-hybridized carbons (Fsp3) is 0.440. The predicted molar refractivity (Wildman–Crippen MR) is 128 cm³/mol. The highest BCUT2D eigenvalue weighted by Crippen LogP contribution is 2.27. The average Bonchev–Trinajstić information content (AvgIpc) is 3.50. The molecule has 0 bridgehead atoms. The van der Waals surface area contributed by atoms with E-state index in [9.17, 15) is 18.0 Å². The Hall–Kier alpha value is -2.91. The molecule has 0 aliphatic heterocycles. The Kier molecular flexibility index (Phi) is 7.53. The highest BCUT2D eigenvalue weighted by Gasteiger charge is 2.30. The number of carbonyl (C=O) groups excluding carboxylic acids is 2. The van der Waals surface area contributed by atoms with E-state index >= 15 is 0 Å². The van der Waals surface area contributed by atoms with Gasteiger partial charge in [-0.3, -0.25) is 9.59 Å². The molecule has 0 heterocycles. The Morgan fingerprint density at radius 3 is 2.35 bits per heavy atom. The third-order valence-electron chi connectivity index (χ3n) is 6.22. The van der Waals surface area contributed by atoms with Gasteiger partial charge in [0.25, 0.3) is 5.91 Å². The number of carbonyl (C=O) groups is 2. The zero-order chi connectivity index (χ0) is 24.1. The minimum absolute atomic E-state index is 0.0865. The summed E-state index contributed by atoms with van der Waals surface area (Å²) in [6.07, 6.45) is 5.75. The first-order valence-electron chi connectivity index (χ1n) is 11.7. The zero-order valence-electron chi connectivity index (χ0n) is 19.3. The van der Waals surface area contributed by atoms with E-state index in [1.165, 1.54) is 25.3 Å². The van der Waals surface area contributed by atoms with Crippen LogP contribution in [0.4, 0.5) is 0 Å². The molecule has 0 radical (unpaired) electrons. The second-order valence-electron chi connectivity index (χ2n) is 8.97. The van der Waals surface area contributed by atoms with E-state index in [4.69, 9.17) is 4.74 Å². The summed E-state index contributed by atoms with van der Waals surface area (Å²) < 4.78 is 34.1. The molecule has 0 aromatic heterocycles. The molecular formula is C25H31N3O5S. The van der Waals surface area contributed by atoms with Crippen molar-refractivity contribution in [2.75, 3.05) is 7.11 Å². The average molecular weight is 486 g/mol. The zero-order valence-corrected chi connectivity index (χ0v) is 20.1. The molecule has 3 N–H and O–H groups in total. The van der Waals surface area contributed by atoms with Gasteiger partial charge in [-0.05, 0) is 49.4 Å². The number of amides is 2. The van der Waals surface area contributed by atoms with Crippen molar-refractivity contribution in [3.63, 3.8) is 0 Å². The third kappa shape index (κ3) is 6.15. The SMILES string of the molecule is COc1ccc(C(=O)NC(Cc2ccccc2)C(=O)NC2CC2)cc1S(=O)(=O)NC1CCCC1. The van der Waals surface area contributed by atoms with Crippen LogP contribution in [0.3, 0.4) is 0 Å². The molecule has 2 aliphatic carbocycles. The minimum atomic E-state index is -3.88.